The Labute approximate surface area is 119 Å². The summed E-state index contributed by atoms with van der Waals surface area (Å²) in [5, 5.41) is 3.11. The maximum atomic E-state index is 13.3. The summed E-state index contributed by atoms with van der Waals surface area (Å²) in [4.78, 5) is 16.0. The Bertz CT molecular complexity index is 577. The summed E-state index contributed by atoms with van der Waals surface area (Å²) >= 11 is 6.82. The average Bonchev–Trinajstić information content (AvgIpc) is 2.40. The predicted octanol–water partition coefficient (Wildman–Crippen LogP) is 3.60. The van der Waals surface area contributed by atoms with Gasteiger partial charge < -0.3 is 5.32 Å². The van der Waals surface area contributed by atoms with Gasteiger partial charge in [-0.05, 0) is 24.3 Å². The van der Waals surface area contributed by atoms with Crippen LogP contribution >= 0.6 is 23.4 Å². The van der Waals surface area contributed by atoms with Crippen LogP contribution in [-0.2, 0) is 4.79 Å². The molecule has 0 fully saturated rings. The molecule has 3 nitrogen and oxygen atoms in total. The van der Waals surface area contributed by atoms with Gasteiger partial charge in [-0.1, -0.05) is 23.7 Å². The van der Waals surface area contributed by atoms with Crippen molar-refractivity contribution in [2.45, 2.75) is 4.90 Å². The molecule has 0 aliphatic rings. The topological polar surface area (TPSA) is 42.0 Å². The largest absolute Gasteiger partial charge is 0.310 e. The van der Waals surface area contributed by atoms with Crippen molar-refractivity contribution in [3.63, 3.8) is 0 Å². The lowest BCUT2D eigenvalue weighted by atomic mass is 10.3. The highest BCUT2D eigenvalue weighted by molar-refractivity contribution is 8.00. The van der Waals surface area contributed by atoms with E-state index in [1.165, 1.54) is 12.3 Å². The van der Waals surface area contributed by atoms with Crippen LogP contribution in [0, 0.1) is 5.82 Å². The van der Waals surface area contributed by atoms with Crippen LogP contribution in [-0.4, -0.2) is 16.6 Å². The van der Waals surface area contributed by atoms with Gasteiger partial charge >= 0.3 is 0 Å². The van der Waals surface area contributed by atoms with Gasteiger partial charge in [0.25, 0.3) is 0 Å². The smallest absolute Gasteiger partial charge is 0.235 e. The van der Waals surface area contributed by atoms with Crippen LogP contribution in [0.15, 0.2) is 47.5 Å². The van der Waals surface area contributed by atoms with Crippen molar-refractivity contribution in [1.82, 2.24) is 4.98 Å². The SMILES string of the molecule is O=C(CSc1ccccc1F)Nc1ccc(Cl)cn1. The molecular weight excluding hydrogens is 287 g/mol. The van der Waals surface area contributed by atoms with Crippen molar-refractivity contribution in [2.75, 3.05) is 11.1 Å². The molecule has 0 spiro atoms. The summed E-state index contributed by atoms with van der Waals surface area (Å²) in [6.45, 7) is 0. The lowest BCUT2D eigenvalue weighted by molar-refractivity contribution is -0.113. The third-order valence-electron chi connectivity index (χ3n) is 2.19. The lowest BCUT2D eigenvalue weighted by Crippen LogP contribution is -2.14. The molecule has 2 rings (SSSR count). The quantitative estimate of drug-likeness (QED) is 0.877. The van der Waals surface area contributed by atoms with E-state index >= 15 is 0 Å². The minimum atomic E-state index is -0.329. The fourth-order valence-corrected chi connectivity index (χ4v) is 2.19. The number of amides is 1. The molecule has 0 atom stereocenters. The third kappa shape index (κ3) is 4.22. The van der Waals surface area contributed by atoms with E-state index in [-0.39, 0.29) is 17.5 Å². The normalized spacial score (nSPS) is 10.2. The molecule has 0 aliphatic heterocycles. The molecule has 0 radical (unpaired) electrons. The Hall–Kier alpha value is -1.59. The average molecular weight is 297 g/mol. The van der Waals surface area contributed by atoms with Crippen LogP contribution < -0.4 is 5.32 Å². The van der Waals surface area contributed by atoms with Gasteiger partial charge in [-0.2, -0.15) is 0 Å². The molecule has 0 aliphatic carbocycles. The monoisotopic (exact) mass is 296 g/mol. The van der Waals surface area contributed by atoms with Crippen LogP contribution in [0.5, 0.6) is 0 Å². The van der Waals surface area contributed by atoms with E-state index in [0.717, 1.165) is 11.8 Å². The van der Waals surface area contributed by atoms with E-state index in [4.69, 9.17) is 11.6 Å². The molecule has 1 aromatic heterocycles. The van der Waals surface area contributed by atoms with Crippen molar-refractivity contribution in [3.05, 3.63) is 53.4 Å². The number of thioether (sulfide) groups is 1. The van der Waals surface area contributed by atoms with Crippen LogP contribution in [0.1, 0.15) is 0 Å². The van der Waals surface area contributed by atoms with Crippen molar-refractivity contribution in [1.29, 1.82) is 0 Å². The second-order valence-electron chi connectivity index (χ2n) is 3.63. The highest BCUT2D eigenvalue weighted by Gasteiger charge is 2.07. The van der Waals surface area contributed by atoms with Gasteiger partial charge in [0, 0.05) is 11.1 Å². The molecule has 1 N–H and O–H groups in total. The third-order valence-corrected chi connectivity index (χ3v) is 3.46. The number of carbonyl (C=O) groups is 1. The summed E-state index contributed by atoms with van der Waals surface area (Å²) in [5.74, 6) is -0.0397. The minimum absolute atomic E-state index is 0.116. The zero-order valence-electron chi connectivity index (χ0n) is 9.77. The van der Waals surface area contributed by atoms with Crippen LogP contribution in [0.25, 0.3) is 0 Å². The summed E-state index contributed by atoms with van der Waals surface area (Å²) < 4.78 is 13.3. The first kappa shape index (κ1) is 13.8. The molecule has 1 aromatic carbocycles. The molecule has 0 bridgehead atoms. The Morgan fingerprint density at radius 2 is 2.11 bits per heavy atom. The Kier molecular flexibility index (Phi) is 4.76. The highest BCUT2D eigenvalue weighted by atomic mass is 35.5. The van der Waals surface area contributed by atoms with E-state index in [0.29, 0.717) is 15.7 Å². The molecule has 0 saturated carbocycles. The molecule has 0 saturated heterocycles. The number of pyridine rings is 1. The lowest BCUT2D eigenvalue weighted by Gasteiger charge is -2.05. The number of hydrogen-bond donors (Lipinski definition) is 1. The van der Waals surface area contributed by atoms with E-state index in [1.807, 2.05) is 0 Å². The van der Waals surface area contributed by atoms with Gasteiger partial charge in [-0.25, -0.2) is 9.37 Å². The van der Waals surface area contributed by atoms with Crippen LogP contribution in [0.2, 0.25) is 5.02 Å². The van der Waals surface area contributed by atoms with Gasteiger partial charge in [-0.3, -0.25) is 4.79 Å². The number of aromatic nitrogens is 1. The first-order valence-corrected chi connectivity index (χ1v) is 6.80. The number of nitrogens with one attached hydrogen (secondary N) is 1. The summed E-state index contributed by atoms with van der Waals surface area (Å²) in [6.07, 6.45) is 1.45. The van der Waals surface area contributed by atoms with Crippen LogP contribution in [0.3, 0.4) is 0 Å². The van der Waals surface area contributed by atoms with E-state index in [9.17, 15) is 9.18 Å². The fraction of sp³-hybridized carbons (Fsp3) is 0.0769. The number of halogens is 2. The van der Waals surface area contributed by atoms with Crippen molar-refractivity contribution >= 4 is 35.1 Å². The predicted molar refractivity (Wildman–Crippen MR) is 75.0 cm³/mol. The Morgan fingerprint density at radius 1 is 1.32 bits per heavy atom. The summed E-state index contributed by atoms with van der Waals surface area (Å²) in [5.41, 5.74) is 0. The maximum absolute atomic E-state index is 13.3. The summed E-state index contributed by atoms with van der Waals surface area (Å²) in [6, 6.07) is 9.57. The van der Waals surface area contributed by atoms with E-state index < -0.39 is 0 Å². The zero-order valence-corrected chi connectivity index (χ0v) is 11.3. The van der Waals surface area contributed by atoms with E-state index in [2.05, 4.69) is 10.3 Å². The standard InChI is InChI=1S/C13H10ClFN2OS/c14-9-5-6-12(16-7-9)17-13(18)8-19-11-4-2-1-3-10(11)15/h1-7H,8H2,(H,16,17,18). The Balaban J connectivity index is 1.88. The molecule has 6 heteroatoms. The molecule has 98 valence electrons. The molecule has 1 heterocycles. The molecule has 19 heavy (non-hydrogen) atoms. The van der Waals surface area contributed by atoms with Gasteiger partial charge in [0.1, 0.15) is 11.6 Å². The second-order valence-corrected chi connectivity index (χ2v) is 5.08. The fourth-order valence-electron chi connectivity index (χ4n) is 1.33. The van der Waals surface area contributed by atoms with E-state index in [1.54, 1.807) is 30.3 Å². The van der Waals surface area contributed by atoms with Gasteiger partial charge in [0.05, 0.1) is 10.8 Å². The number of carbonyl (C=O) groups excluding carboxylic acids is 1. The number of hydrogen-bond acceptors (Lipinski definition) is 3. The molecule has 2 aromatic rings. The van der Waals surface area contributed by atoms with Crippen molar-refractivity contribution in [3.8, 4) is 0 Å². The molecule has 1 amide bonds. The van der Waals surface area contributed by atoms with Crippen molar-refractivity contribution in [2.24, 2.45) is 0 Å². The first-order chi connectivity index (χ1) is 9.15. The van der Waals surface area contributed by atoms with Crippen molar-refractivity contribution < 1.29 is 9.18 Å². The zero-order chi connectivity index (χ0) is 13.7. The summed E-state index contributed by atoms with van der Waals surface area (Å²) in [7, 11) is 0. The van der Waals surface area contributed by atoms with Gasteiger partial charge in [-0.15, -0.1) is 11.8 Å². The van der Waals surface area contributed by atoms with Gasteiger partial charge in [0.2, 0.25) is 5.91 Å². The maximum Gasteiger partial charge on any atom is 0.235 e. The molecular formula is C13H10ClFN2OS. The Morgan fingerprint density at radius 3 is 2.79 bits per heavy atom. The highest BCUT2D eigenvalue weighted by Crippen LogP contribution is 2.21. The molecule has 0 unspecified atom stereocenters. The van der Waals surface area contributed by atoms with Crippen LogP contribution in [0.4, 0.5) is 10.2 Å². The number of benzene rings is 1. The van der Waals surface area contributed by atoms with Gasteiger partial charge in [0.15, 0.2) is 0 Å². The number of nitrogens with zero attached hydrogens (tertiary/aromatic N) is 1. The number of rotatable bonds is 4. The second kappa shape index (κ2) is 6.54. The first-order valence-electron chi connectivity index (χ1n) is 5.44. The minimum Gasteiger partial charge on any atom is -0.310 e. The number of anilines is 1.